The molecule has 0 bridgehead atoms. The number of thioether (sulfide) groups is 1. The third kappa shape index (κ3) is 3.45. The molecule has 2 atom stereocenters. The highest BCUT2D eigenvalue weighted by Gasteiger charge is 2.24. The van der Waals surface area contributed by atoms with Gasteiger partial charge >= 0.3 is 0 Å². The van der Waals surface area contributed by atoms with Crippen molar-refractivity contribution in [3.63, 3.8) is 0 Å². The molecule has 1 aliphatic rings. The Bertz CT molecular complexity index is 328. The van der Waals surface area contributed by atoms with Gasteiger partial charge in [-0.25, -0.2) is 0 Å². The van der Waals surface area contributed by atoms with E-state index < -0.39 is 0 Å². The second kappa shape index (κ2) is 6.37. The van der Waals surface area contributed by atoms with Crippen LogP contribution in [0.2, 0.25) is 0 Å². The van der Waals surface area contributed by atoms with Crippen LogP contribution < -0.4 is 11.3 Å². The molecule has 0 saturated carbocycles. The van der Waals surface area contributed by atoms with Crippen molar-refractivity contribution in [2.45, 2.75) is 18.6 Å². The first kappa shape index (κ1) is 12.9. The summed E-state index contributed by atoms with van der Waals surface area (Å²) >= 11 is 7.15. The summed E-state index contributed by atoms with van der Waals surface area (Å²) in [7, 11) is 0. The van der Waals surface area contributed by atoms with Crippen molar-refractivity contribution in [1.82, 2.24) is 5.43 Å². The molecule has 1 aromatic heterocycles. The van der Waals surface area contributed by atoms with Crippen LogP contribution in [-0.2, 0) is 11.2 Å². The highest BCUT2D eigenvalue weighted by atomic mass is 79.9. The van der Waals surface area contributed by atoms with Crippen LogP contribution in [0.1, 0.15) is 4.88 Å². The van der Waals surface area contributed by atoms with Gasteiger partial charge in [0, 0.05) is 32.7 Å². The van der Waals surface area contributed by atoms with Crippen molar-refractivity contribution < 1.29 is 4.74 Å². The zero-order valence-electron chi connectivity index (χ0n) is 8.82. The van der Waals surface area contributed by atoms with Crippen LogP contribution in [0.4, 0.5) is 0 Å². The molecular weight excluding hydrogens is 308 g/mol. The van der Waals surface area contributed by atoms with Crippen molar-refractivity contribution >= 4 is 39.0 Å². The predicted octanol–water partition coefficient (Wildman–Crippen LogP) is 2.02. The summed E-state index contributed by atoms with van der Waals surface area (Å²) in [6, 6.07) is 2.35. The molecule has 16 heavy (non-hydrogen) atoms. The first-order valence-electron chi connectivity index (χ1n) is 5.18. The number of nitrogens with two attached hydrogens (primary N) is 1. The van der Waals surface area contributed by atoms with Gasteiger partial charge < -0.3 is 4.74 Å². The van der Waals surface area contributed by atoms with Gasteiger partial charge in [0.25, 0.3) is 0 Å². The molecule has 1 aliphatic heterocycles. The number of hydrogen-bond donors (Lipinski definition) is 2. The number of thiophene rings is 1. The molecule has 2 rings (SSSR count). The van der Waals surface area contributed by atoms with Crippen LogP contribution in [0, 0.1) is 0 Å². The van der Waals surface area contributed by atoms with E-state index in [1.54, 1.807) is 11.3 Å². The molecule has 0 amide bonds. The number of halogens is 1. The molecule has 3 N–H and O–H groups in total. The van der Waals surface area contributed by atoms with Crippen LogP contribution in [0.15, 0.2) is 15.9 Å². The van der Waals surface area contributed by atoms with Gasteiger partial charge in [0.1, 0.15) is 0 Å². The highest BCUT2D eigenvalue weighted by Crippen LogP contribution is 2.23. The van der Waals surface area contributed by atoms with Gasteiger partial charge in [0.2, 0.25) is 0 Å². The van der Waals surface area contributed by atoms with Gasteiger partial charge in [-0.05, 0) is 22.0 Å². The van der Waals surface area contributed by atoms with Gasteiger partial charge in [-0.3, -0.25) is 11.3 Å². The second-order valence-electron chi connectivity index (χ2n) is 3.69. The Labute approximate surface area is 112 Å². The molecule has 1 aromatic rings. The van der Waals surface area contributed by atoms with Gasteiger partial charge in [-0.2, -0.15) is 11.8 Å². The Morgan fingerprint density at radius 3 is 3.12 bits per heavy atom. The second-order valence-corrected chi connectivity index (χ2v) is 6.75. The average molecular weight is 323 g/mol. The van der Waals surface area contributed by atoms with Gasteiger partial charge in [0.15, 0.2) is 0 Å². The molecule has 90 valence electrons. The minimum Gasteiger partial charge on any atom is -0.375 e. The van der Waals surface area contributed by atoms with E-state index in [0.29, 0.717) is 0 Å². The van der Waals surface area contributed by atoms with Gasteiger partial charge in [-0.1, -0.05) is 0 Å². The lowest BCUT2D eigenvalue weighted by Crippen LogP contribution is -2.49. The molecule has 6 heteroatoms. The maximum atomic E-state index is 5.74. The lowest BCUT2D eigenvalue weighted by molar-refractivity contribution is 0.0474. The molecule has 0 aromatic carbocycles. The topological polar surface area (TPSA) is 47.3 Å². The van der Waals surface area contributed by atoms with Crippen LogP contribution >= 0.6 is 39.0 Å². The normalized spacial score (nSPS) is 23.2. The zero-order valence-corrected chi connectivity index (χ0v) is 12.0. The number of rotatable bonds is 4. The Morgan fingerprint density at radius 1 is 1.69 bits per heavy atom. The van der Waals surface area contributed by atoms with Crippen LogP contribution in [0.25, 0.3) is 0 Å². The summed E-state index contributed by atoms with van der Waals surface area (Å²) in [4.78, 5) is 1.33. The SMILES string of the molecule is NNC(Cc1cc(Br)cs1)C1CSCCO1. The Hall–Kier alpha value is 0.410. The lowest BCUT2D eigenvalue weighted by Gasteiger charge is -2.29. The summed E-state index contributed by atoms with van der Waals surface area (Å²) in [6.45, 7) is 0.835. The van der Waals surface area contributed by atoms with E-state index in [9.17, 15) is 0 Å². The highest BCUT2D eigenvalue weighted by molar-refractivity contribution is 9.10. The quantitative estimate of drug-likeness (QED) is 0.657. The number of nitrogens with one attached hydrogen (secondary N) is 1. The molecule has 0 aliphatic carbocycles. The van der Waals surface area contributed by atoms with Gasteiger partial charge in [0.05, 0.1) is 18.8 Å². The maximum Gasteiger partial charge on any atom is 0.0835 e. The molecule has 3 nitrogen and oxygen atoms in total. The molecule has 2 heterocycles. The maximum absolute atomic E-state index is 5.74. The average Bonchev–Trinajstić information content (AvgIpc) is 2.73. The predicted molar refractivity (Wildman–Crippen MR) is 73.9 cm³/mol. The Balaban J connectivity index is 1.94. The van der Waals surface area contributed by atoms with Crippen LogP contribution in [-0.4, -0.2) is 30.3 Å². The van der Waals surface area contributed by atoms with Crippen molar-refractivity contribution in [2.75, 3.05) is 18.1 Å². The Morgan fingerprint density at radius 2 is 2.56 bits per heavy atom. The standard InChI is InChI=1S/C10H15BrN2OS2/c11-7-3-8(16-5-7)4-9(13-12)10-6-15-2-1-14-10/h3,5,9-10,13H,1-2,4,6,12H2. The van der Waals surface area contributed by atoms with E-state index >= 15 is 0 Å². The van der Waals surface area contributed by atoms with Crippen LogP contribution in [0.5, 0.6) is 0 Å². The number of ether oxygens (including phenoxy) is 1. The third-order valence-corrected chi connectivity index (χ3v) is 5.29. The van der Waals surface area contributed by atoms with Crippen molar-refractivity contribution in [1.29, 1.82) is 0 Å². The molecule has 1 fully saturated rings. The summed E-state index contributed by atoms with van der Waals surface area (Å²) in [6.07, 6.45) is 1.16. The molecule has 2 unspecified atom stereocenters. The summed E-state index contributed by atoms with van der Waals surface area (Å²) < 4.78 is 6.88. The monoisotopic (exact) mass is 322 g/mol. The number of hydrazine groups is 1. The van der Waals surface area contributed by atoms with E-state index in [1.807, 2.05) is 11.8 Å². The largest absolute Gasteiger partial charge is 0.375 e. The summed E-state index contributed by atoms with van der Waals surface area (Å²) in [5.74, 6) is 7.74. The summed E-state index contributed by atoms with van der Waals surface area (Å²) in [5, 5.41) is 2.10. The molecular formula is C10H15BrN2OS2. The van der Waals surface area contributed by atoms with E-state index in [1.165, 1.54) is 4.88 Å². The fourth-order valence-corrected chi connectivity index (χ4v) is 4.17. The Kier molecular flexibility index (Phi) is 5.12. The van der Waals surface area contributed by atoms with Gasteiger partial charge in [-0.15, -0.1) is 11.3 Å². The first-order chi connectivity index (χ1) is 7.79. The van der Waals surface area contributed by atoms with E-state index in [2.05, 4.69) is 32.8 Å². The van der Waals surface area contributed by atoms with Crippen molar-refractivity contribution in [3.05, 3.63) is 20.8 Å². The fraction of sp³-hybridized carbons (Fsp3) is 0.600. The summed E-state index contributed by atoms with van der Waals surface area (Å²) in [5.41, 5.74) is 2.88. The zero-order chi connectivity index (χ0) is 11.4. The molecule has 0 spiro atoms. The van der Waals surface area contributed by atoms with E-state index in [-0.39, 0.29) is 12.1 Å². The lowest BCUT2D eigenvalue weighted by atomic mass is 10.1. The number of hydrogen-bond acceptors (Lipinski definition) is 5. The third-order valence-electron chi connectivity index (χ3n) is 2.55. The minimum atomic E-state index is 0.207. The molecule has 0 radical (unpaired) electrons. The van der Waals surface area contributed by atoms with E-state index in [4.69, 9.17) is 10.6 Å². The minimum absolute atomic E-state index is 0.207. The molecule has 1 saturated heterocycles. The van der Waals surface area contributed by atoms with Crippen LogP contribution in [0.3, 0.4) is 0 Å². The smallest absolute Gasteiger partial charge is 0.0835 e. The van der Waals surface area contributed by atoms with E-state index in [0.717, 1.165) is 29.0 Å². The first-order valence-corrected chi connectivity index (χ1v) is 8.00. The van der Waals surface area contributed by atoms with Crippen molar-refractivity contribution in [3.8, 4) is 0 Å². The fourth-order valence-electron chi connectivity index (χ4n) is 1.71. The van der Waals surface area contributed by atoms with Crippen molar-refractivity contribution in [2.24, 2.45) is 5.84 Å².